The van der Waals surface area contributed by atoms with E-state index in [1.807, 2.05) is 0 Å². The lowest BCUT2D eigenvalue weighted by atomic mass is 9.98. The molecular weight excluding hydrogens is 283 g/mol. The molecule has 0 saturated carbocycles. The third kappa shape index (κ3) is 3.10. The number of piperidine rings is 1. The van der Waals surface area contributed by atoms with Crippen molar-refractivity contribution in [2.45, 2.75) is 19.0 Å². The van der Waals surface area contributed by atoms with Gasteiger partial charge in [0, 0.05) is 25.0 Å². The van der Waals surface area contributed by atoms with E-state index in [-0.39, 0.29) is 0 Å². The number of alkyl halides is 3. The molecule has 1 fully saturated rings. The molecule has 0 aliphatic carbocycles. The Kier molecular flexibility index (Phi) is 3.71. The average Bonchev–Trinajstić information content (AvgIpc) is 2.91. The second kappa shape index (κ2) is 5.51. The van der Waals surface area contributed by atoms with Crippen molar-refractivity contribution in [3.63, 3.8) is 0 Å². The molecule has 114 valence electrons. The highest BCUT2D eigenvalue weighted by molar-refractivity contribution is 5.67. The third-order valence-electron chi connectivity index (χ3n) is 3.70. The van der Waals surface area contributed by atoms with Crippen LogP contribution in [0.4, 0.5) is 19.0 Å². The van der Waals surface area contributed by atoms with Crippen LogP contribution < -0.4 is 10.6 Å². The van der Waals surface area contributed by atoms with Gasteiger partial charge >= 0.3 is 6.18 Å². The minimum atomic E-state index is -4.45. The van der Waals surface area contributed by atoms with Crippen molar-refractivity contribution >= 4 is 11.3 Å². The van der Waals surface area contributed by atoms with Crippen LogP contribution in [0.3, 0.4) is 0 Å². The summed E-state index contributed by atoms with van der Waals surface area (Å²) in [6.07, 6.45) is 0.538. The standard InChI is InChI=1S/C13H16F3N5/c14-13(15,16)11-7-10-12(18-5-6-21(10)20-11)19-8-9-1-3-17-4-2-9/h5-7,9,17H,1-4,8H2,(H,18,19). The van der Waals surface area contributed by atoms with Gasteiger partial charge in [-0.15, -0.1) is 0 Å². The van der Waals surface area contributed by atoms with Crippen molar-refractivity contribution in [1.29, 1.82) is 0 Å². The highest BCUT2D eigenvalue weighted by Crippen LogP contribution is 2.30. The molecule has 0 aromatic carbocycles. The largest absolute Gasteiger partial charge is 0.435 e. The van der Waals surface area contributed by atoms with Crippen molar-refractivity contribution in [2.75, 3.05) is 25.0 Å². The quantitative estimate of drug-likeness (QED) is 0.912. The minimum Gasteiger partial charge on any atom is -0.368 e. The normalized spacial score (nSPS) is 17.3. The van der Waals surface area contributed by atoms with Crippen LogP contribution in [-0.4, -0.2) is 34.2 Å². The molecule has 0 amide bonds. The summed E-state index contributed by atoms with van der Waals surface area (Å²) in [5.41, 5.74) is -0.556. The van der Waals surface area contributed by atoms with Gasteiger partial charge in [0.1, 0.15) is 5.52 Å². The topological polar surface area (TPSA) is 54.2 Å². The fourth-order valence-electron chi connectivity index (χ4n) is 2.52. The van der Waals surface area contributed by atoms with Gasteiger partial charge in [0.2, 0.25) is 0 Å². The molecule has 1 aliphatic rings. The number of aromatic nitrogens is 3. The van der Waals surface area contributed by atoms with E-state index in [0.717, 1.165) is 32.0 Å². The van der Waals surface area contributed by atoms with Gasteiger partial charge in [0.25, 0.3) is 0 Å². The van der Waals surface area contributed by atoms with Gasteiger partial charge in [-0.25, -0.2) is 9.50 Å². The zero-order valence-electron chi connectivity index (χ0n) is 11.3. The van der Waals surface area contributed by atoms with Gasteiger partial charge in [-0.1, -0.05) is 0 Å². The first-order valence-electron chi connectivity index (χ1n) is 6.90. The van der Waals surface area contributed by atoms with Gasteiger partial charge in [-0.05, 0) is 31.8 Å². The van der Waals surface area contributed by atoms with Crippen LogP contribution in [0.5, 0.6) is 0 Å². The number of anilines is 1. The molecule has 0 spiro atoms. The summed E-state index contributed by atoms with van der Waals surface area (Å²) in [4.78, 5) is 4.13. The Balaban J connectivity index is 1.79. The van der Waals surface area contributed by atoms with E-state index >= 15 is 0 Å². The fourth-order valence-corrected chi connectivity index (χ4v) is 2.52. The molecule has 1 aliphatic heterocycles. The lowest BCUT2D eigenvalue weighted by Gasteiger charge is -2.23. The van der Waals surface area contributed by atoms with E-state index in [2.05, 4.69) is 20.7 Å². The molecule has 3 rings (SSSR count). The molecule has 0 unspecified atom stereocenters. The zero-order chi connectivity index (χ0) is 14.9. The first-order chi connectivity index (χ1) is 10.0. The predicted molar refractivity (Wildman–Crippen MR) is 72.1 cm³/mol. The second-order valence-electron chi connectivity index (χ2n) is 5.21. The summed E-state index contributed by atoms with van der Waals surface area (Å²) < 4.78 is 39.3. The maximum atomic E-state index is 12.7. The minimum absolute atomic E-state index is 0.346. The number of rotatable bonds is 3. The van der Waals surface area contributed by atoms with E-state index in [0.29, 0.717) is 23.8 Å². The Labute approximate surface area is 119 Å². The molecule has 1 saturated heterocycles. The lowest BCUT2D eigenvalue weighted by molar-refractivity contribution is -0.141. The number of hydrogen-bond donors (Lipinski definition) is 2. The number of halogens is 3. The first-order valence-corrected chi connectivity index (χ1v) is 6.90. The van der Waals surface area contributed by atoms with E-state index in [1.165, 1.54) is 16.9 Å². The molecule has 8 heteroatoms. The van der Waals surface area contributed by atoms with Gasteiger partial charge in [0.05, 0.1) is 0 Å². The van der Waals surface area contributed by atoms with Crippen LogP contribution in [0, 0.1) is 5.92 Å². The zero-order valence-corrected chi connectivity index (χ0v) is 11.3. The maximum Gasteiger partial charge on any atom is 0.435 e. The molecule has 0 atom stereocenters. The molecule has 2 aromatic rings. The summed E-state index contributed by atoms with van der Waals surface area (Å²) in [5, 5.41) is 9.98. The summed E-state index contributed by atoms with van der Waals surface area (Å²) >= 11 is 0. The smallest absolute Gasteiger partial charge is 0.368 e. The Bertz CT molecular complexity index is 616. The molecule has 3 heterocycles. The molecule has 2 aromatic heterocycles. The Morgan fingerprint density at radius 2 is 2.10 bits per heavy atom. The van der Waals surface area contributed by atoms with E-state index in [9.17, 15) is 13.2 Å². The van der Waals surface area contributed by atoms with Crippen LogP contribution in [-0.2, 0) is 6.18 Å². The molecule has 2 N–H and O–H groups in total. The van der Waals surface area contributed by atoms with E-state index in [1.54, 1.807) is 0 Å². The molecular formula is C13H16F3N5. The highest BCUT2D eigenvalue weighted by Gasteiger charge is 2.34. The summed E-state index contributed by atoms with van der Waals surface area (Å²) in [7, 11) is 0. The molecule has 0 radical (unpaired) electrons. The van der Waals surface area contributed by atoms with E-state index in [4.69, 9.17) is 0 Å². The maximum absolute atomic E-state index is 12.7. The van der Waals surface area contributed by atoms with Crippen molar-refractivity contribution in [2.24, 2.45) is 5.92 Å². The number of nitrogens with zero attached hydrogens (tertiary/aromatic N) is 3. The Hall–Kier alpha value is -1.83. The summed E-state index contributed by atoms with van der Waals surface area (Å²) in [6.45, 7) is 2.67. The van der Waals surface area contributed by atoms with Crippen LogP contribution >= 0.6 is 0 Å². The van der Waals surface area contributed by atoms with Crippen molar-refractivity contribution in [3.05, 3.63) is 24.2 Å². The van der Waals surface area contributed by atoms with Crippen molar-refractivity contribution in [3.8, 4) is 0 Å². The summed E-state index contributed by atoms with van der Waals surface area (Å²) in [5.74, 6) is 0.956. The van der Waals surface area contributed by atoms with E-state index < -0.39 is 11.9 Å². The first kappa shape index (κ1) is 14.1. The average molecular weight is 299 g/mol. The van der Waals surface area contributed by atoms with Crippen LogP contribution in [0.15, 0.2) is 18.5 Å². The molecule has 5 nitrogen and oxygen atoms in total. The van der Waals surface area contributed by atoms with Gasteiger partial charge in [-0.2, -0.15) is 18.3 Å². The monoisotopic (exact) mass is 299 g/mol. The van der Waals surface area contributed by atoms with Gasteiger partial charge in [0.15, 0.2) is 11.5 Å². The number of fused-ring (bicyclic) bond motifs is 1. The third-order valence-corrected chi connectivity index (χ3v) is 3.70. The number of hydrogen-bond acceptors (Lipinski definition) is 4. The van der Waals surface area contributed by atoms with Crippen molar-refractivity contribution in [1.82, 2.24) is 19.9 Å². The Morgan fingerprint density at radius 1 is 1.33 bits per heavy atom. The Morgan fingerprint density at radius 3 is 2.81 bits per heavy atom. The van der Waals surface area contributed by atoms with Crippen molar-refractivity contribution < 1.29 is 13.2 Å². The second-order valence-corrected chi connectivity index (χ2v) is 5.21. The predicted octanol–water partition coefficient (Wildman–Crippen LogP) is 2.16. The summed E-state index contributed by atoms with van der Waals surface area (Å²) in [6, 6.07) is 1.03. The SMILES string of the molecule is FC(F)(F)c1cc2c(NCC3CCNCC3)nccn2n1. The number of nitrogens with one attached hydrogen (secondary N) is 2. The van der Waals surface area contributed by atoms with Gasteiger partial charge < -0.3 is 10.6 Å². The fraction of sp³-hybridized carbons (Fsp3) is 0.538. The molecule has 21 heavy (non-hydrogen) atoms. The van der Waals surface area contributed by atoms with Crippen LogP contribution in [0.1, 0.15) is 18.5 Å². The van der Waals surface area contributed by atoms with Crippen LogP contribution in [0.2, 0.25) is 0 Å². The van der Waals surface area contributed by atoms with Crippen LogP contribution in [0.25, 0.3) is 5.52 Å². The lowest BCUT2D eigenvalue weighted by Crippen LogP contribution is -2.31. The highest BCUT2D eigenvalue weighted by atomic mass is 19.4. The molecule has 0 bridgehead atoms. The van der Waals surface area contributed by atoms with Gasteiger partial charge in [-0.3, -0.25) is 0 Å².